The standard InChI is InChI=1S/C23H27FO10/c1-22(2,3)33-18(27)17(12-6-7-13(14(24)10-12)20-29-8-9-30-20)19(28)34-23(4,5)21-31-15(25)11-16(26)32-21/h6-7,10,17,20-21H,8-9,11H2,1-5H3. The van der Waals surface area contributed by atoms with Crippen LogP contribution >= 0.6 is 0 Å². The molecule has 0 saturated carbocycles. The van der Waals surface area contributed by atoms with Crippen molar-refractivity contribution < 1.29 is 52.0 Å². The molecule has 1 unspecified atom stereocenters. The quantitative estimate of drug-likeness (QED) is 0.339. The van der Waals surface area contributed by atoms with Crippen LogP contribution in [0.3, 0.4) is 0 Å². The van der Waals surface area contributed by atoms with Crippen molar-refractivity contribution >= 4 is 23.9 Å². The van der Waals surface area contributed by atoms with Crippen LogP contribution in [-0.4, -0.2) is 54.6 Å². The van der Waals surface area contributed by atoms with Crippen molar-refractivity contribution in [1.29, 1.82) is 0 Å². The van der Waals surface area contributed by atoms with Crippen LogP contribution in [0.5, 0.6) is 0 Å². The molecular weight excluding hydrogens is 455 g/mol. The summed E-state index contributed by atoms with van der Waals surface area (Å²) in [5.41, 5.74) is -2.54. The van der Waals surface area contributed by atoms with Crippen molar-refractivity contribution in [2.75, 3.05) is 13.2 Å². The van der Waals surface area contributed by atoms with Gasteiger partial charge < -0.3 is 28.4 Å². The van der Waals surface area contributed by atoms with Gasteiger partial charge in [0.2, 0.25) is 0 Å². The Morgan fingerprint density at radius 3 is 2.06 bits per heavy atom. The topological polar surface area (TPSA) is 124 Å². The Bertz CT molecular complexity index is 958. The highest BCUT2D eigenvalue weighted by atomic mass is 19.1. The second-order valence-electron chi connectivity index (χ2n) is 9.33. The molecule has 3 rings (SSSR count). The summed E-state index contributed by atoms with van der Waals surface area (Å²) in [6.07, 6.45) is -2.99. The third kappa shape index (κ3) is 6.09. The number of cyclic esters (lactones) is 2. The predicted octanol–water partition coefficient (Wildman–Crippen LogP) is 2.43. The zero-order valence-electron chi connectivity index (χ0n) is 19.5. The molecule has 34 heavy (non-hydrogen) atoms. The van der Waals surface area contributed by atoms with E-state index in [1.165, 1.54) is 26.0 Å². The number of hydrogen-bond donors (Lipinski definition) is 0. The van der Waals surface area contributed by atoms with Crippen LogP contribution in [0.15, 0.2) is 18.2 Å². The first-order chi connectivity index (χ1) is 15.8. The van der Waals surface area contributed by atoms with Gasteiger partial charge in [0.15, 0.2) is 17.8 Å². The number of carbonyl (C=O) groups excluding carboxylic acids is 4. The Labute approximate surface area is 195 Å². The van der Waals surface area contributed by atoms with Gasteiger partial charge in [-0.2, -0.15) is 0 Å². The Balaban J connectivity index is 1.89. The molecule has 1 aromatic carbocycles. The largest absolute Gasteiger partial charge is 0.459 e. The summed E-state index contributed by atoms with van der Waals surface area (Å²) < 4.78 is 46.2. The highest BCUT2D eigenvalue weighted by Gasteiger charge is 2.46. The van der Waals surface area contributed by atoms with Gasteiger partial charge in [-0.15, -0.1) is 0 Å². The summed E-state index contributed by atoms with van der Waals surface area (Å²) in [4.78, 5) is 49.4. The normalized spacial score (nSPS) is 18.8. The van der Waals surface area contributed by atoms with Gasteiger partial charge in [-0.1, -0.05) is 12.1 Å². The minimum atomic E-state index is -1.68. The van der Waals surface area contributed by atoms with Crippen LogP contribution in [0.1, 0.15) is 64.4 Å². The van der Waals surface area contributed by atoms with Crippen LogP contribution in [0.25, 0.3) is 0 Å². The molecule has 11 heteroatoms. The van der Waals surface area contributed by atoms with Gasteiger partial charge in [0, 0.05) is 5.56 Å². The lowest BCUT2D eigenvalue weighted by Gasteiger charge is -2.35. The van der Waals surface area contributed by atoms with E-state index in [9.17, 15) is 23.6 Å². The van der Waals surface area contributed by atoms with E-state index < -0.39 is 65.8 Å². The van der Waals surface area contributed by atoms with Gasteiger partial charge in [0.25, 0.3) is 6.29 Å². The van der Waals surface area contributed by atoms with Crippen molar-refractivity contribution in [2.45, 2.75) is 70.7 Å². The molecule has 0 amide bonds. The summed E-state index contributed by atoms with van der Waals surface area (Å²) in [6.45, 7) is 8.12. The number of carbonyl (C=O) groups is 4. The fourth-order valence-corrected chi connectivity index (χ4v) is 3.30. The molecule has 2 heterocycles. The number of ether oxygens (including phenoxy) is 6. The summed E-state index contributed by atoms with van der Waals surface area (Å²) in [7, 11) is 0. The Morgan fingerprint density at radius 2 is 1.53 bits per heavy atom. The zero-order chi connectivity index (χ0) is 25.3. The van der Waals surface area contributed by atoms with Gasteiger partial charge in [0.05, 0.1) is 13.2 Å². The molecule has 186 valence electrons. The molecule has 2 aliphatic heterocycles. The lowest BCUT2D eigenvalue weighted by atomic mass is 9.96. The molecule has 0 radical (unpaired) electrons. The Morgan fingerprint density at radius 1 is 0.971 bits per heavy atom. The van der Waals surface area contributed by atoms with Crippen LogP contribution < -0.4 is 0 Å². The first kappa shape index (κ1) is 25.6. The molecule has 0 N–H and O–H groups in total. The second kappa shape index (κ2) is 9.67. The molecule has 2 fully saturated rings. The number of hydrogen-bond acceptors (Lipinski definition) is 10. The SMILES string of the molecule is CC(C)(C)OC(=O)C(C(=O)OC(C)(C)C1OC(=O)CC(=O)O1)c1ccc(C2OCCO2)c(F)c1. The molecule has 10 nitrogen and oxygen atoms in total. The van der Waals surface area contributed by atoms with E-state index in [0.29, 0.717) is 13.2 Å². The maximum Gasteiger partial charge on any atom is 0.325 e. The maximum absolute atomic E-state index is 14.9. The highest BCUT2D eigenvalue weighted by Crippen LogP contribution is 2.32. The molecule has 1 aromatic rings. The third-order valence-electron chi connectivity index (χ3n) is 4.81. The average molecular weight is 482 g/mol. The minimum Gasteiger partial charge on any atom is -0.459 e. The van der Waals surface area contributed by atoms with E-state index >= 15 is 0 Å². The Kier molecular flexibility index (Phi) is 7.27. The predicted molar refractivity (Wildman–Crippen MR) is 110 cm³/mol. The fraction of sp³-hybridized carbons (Fsp3) is 0.565. The fourth-order valence-electron chi connectivity index (χ4n) is 3.30. The second-order valence-corrected chi connectivity index (χ2v) is 9.33. The van der Waals surface area contributed by atoms with E-state index in [2.05, 4.69) is 0 Å². The lowest BCUT2D eigenvalue weighted by molar-refractivity contribution is -0.245. The summed E-state index contributed by atoms with van der Waals surface area (Å²) in [6, 6.07) is 3.72. The van der Waals surface area contributed by atoms with Crippen molar-refractivity contribution in [3.63, 3.8) is 0 Å². The summed E-state index contributed by atoms with van der Waals surface area (Å²) >= 11 is 0. The van der Waals surface area contributed by atoms with E-state index in [0.717, 1.165) is 6.07 Å². The van der Waals surface area contributed by atoms with Gasteiger partial charge in [0.1, 0.15) is 17.8 Å². The van der Waals surface area contributed by atoms with Crippen LogP contribution in [0, 0.1) is 5.82 Å². The third-order valence-corrected chi connectivity index (χ3v) is 4.81. The van der Waals surface area contributed by atoms with Crippen molar-refractivity contribution in [1.82, 2.24) is 0 Å². The summed E-state index contributed by atoms with van der Waals surface area (Å²) in [5.74, 6) is -6.21. The molecule has 1 atom stereocenters. The van der Waals surface area contributed by atoms with Gasteiger partial charge >= 0.3 is 23.9 Å². The van der Waals surface area contributed by atoms with Gasteiger partial charge in [-0.25, -0.2) is 4.39 Å². The monoisotopic (exact) mass is 482 g/mol. The average Bonchev–Trinajstić information content (AvgIpc) is 3.20. The highest BCUT2D eigenvalue weighted by molar-refractivity contribution is 6.01. The van der Waals surface area contributed by atoms with E-state index in [4.69, 9.17) is 28.4 Å². The van der Waals surface area contributed by atoms with E-state index in [1.807, 2.05) is 0 Å². The minimum absolute atomic E-state index is 0.0352. The van der Waals surface area contributed by atoms with Crippen LogP contribution in [-0.2, 0) is 47.6 Å². The van der Waals surface area contributed by atoms with Crippen molar-refractivity contribution in [2.24, 2.45) is 0 Å². The van der Waals surface area contributed by atoms with Gasteiger partial charge in [-0.3, -0.25) is 19.2 Å². The first-order valence-corrected chi connectivity index (χ1v) is 10.6. The van der Waals surface area contributed by atoms with E-state index in [1.54, 1.807) is 20.8 Å². The van der Waals surface area contributed by atoms with Crippen molar-refractivity contribution in [3.05, 3.63) is 35.1 Å². The number of halogens is 1. The lowest BCUT2D eigenvalue weighted by Crippen LogP contribution is -2.50. The molecule has 0 aromatic heterocycles. The first-order valence-electron chi connectivity index (χ1n) is 10.6. The van der Waals surface area contributed by atoms with E-state index in [-0.39, 0.29) is 11.1 Å². The zero-order valence-corrected chi connectivity index (χ0v) is 19.5. The smallest absolute Gasteiger partial charge is 0.325 e. The van der Waals surface area contributed by atoms with Gasteiger partial charge in [-0.05, 0) is 46.2 Å². The molecule has 0 aliphatic carbocycles. The molecule has 0 bridgehead atoms. The molecule has 2 saturated heterocycles. The molecular formula is C23H27FO10. The number of benzene rings is 1. The maximum atomic E-state index is 14.9. The Hall–Kier alpha value is -3.05. The molecule has 0 spiro atoms. The van der Waals surface area contributed by atoms with Crippen LogP contribution in [0.2, 0.25) is 0 Å². The number of rotatable bonds is 6. The van der Waals surface area contributed by atoms with Crippen LogP contribution in [0.4, 0.5) is 4.39 Å². The summed E-state index contributed by atoms with van der Waals surface area (Å²) in [5, 5.41) is 0. The van der Waals surface area contributed by atoms with Crippen molar-refractivity contribution in [3.8, 4) is 0 Å². The number of esters is 4. The molecule has 2 aliphatic rings.